The quantitative estimate of drug-likeness (QED) is 0.851. The molecular formula is C16H25N3O. The zero-order valence-electron chi connectivity index (χ0n) is 12.3. The van der Waals surface area contributed by atoms with Crippen LogP contribution in [0.1, 0.15) is 30.9 Å². The lowest BCUT2D eigenvalue weighted by Crippen LogP contribution is -2.45. The van der Waals surface area contributed by atoms with Gasteiger partial charge in [0.15, 0.2) is 0 Å². The molecule has 1 aromatic rings. The summed E-state index contributed by atoms with van der Waals surface area (Å²) in [6, 6.07) is 8.23. The van der Waals surface area contributed by atoms with Gasteiger partial charge in [0.2, 0.25) is 5.91 Å². The summed E-state index contributed by atoms with van der Waals surface area (Å²) >= 11 is 0. The summed E-state index contributed by atoms with van der Waals surface area (Å²) in [5.74, 6) is 0.112. The highest BCUT2D eigenvalue weighted by Gasteiger charge is 2.19. The molecule has 0 aliphatic carbocycles. The minimum atomic E-state index is 0.112. The van der Waals surface area contributed by atoms with Crippen molar-refractivity contribution >= 4 is 5.91 Å². The number of nitrogens with two attached hydrogens (primary N) is 1. The van der Waals surface area contributed by atoms with Gasteiger partial charge in [0.1, 0.15) is 0 Å². The van der Waals surface area contributed by atoms with E-state index in [2.05, 4.69) is 17.1 Å². The maximum atomic E-state index is 12.1. The normalized spacial score (nSPS) is 17.1. The number of likely N-dealkylation sites (tertiary alicyclic amines) is 1. The third kappa shape index (κ3) is 4.05. The van der Waals surface area contributed by atoms with Crippen LogP contribution in [0.3, 0.4) is 0 Å². The molecule has 20 heavy (non-hydrogen) atoms. The number of nitrogens with one attached hydrogen (secondary N) is 1. The topological polar surface area (TPSA) is 58.4 Å². The van der Waals surface area contributed by atoms with Crippen molar-refractivity contribution in [2.24, 2.45) is 5.73 Å². The van der Waals surface area contributed by atoms with E-state index >= 15 is 0 Å². The Morgan fingerprint density at radius 2 is 1.95 bits per heavy atom. The summed E-state index contributed by atoms with van der Waals surface area (Å²) in [6.45, 7) is 5.94. The third-order valence-corrected chi connectivity index (χ3v) is 4.09. The fourth-order valence-corrected chi connectivity index (χ4v) is 2.77. The lowest BCUT2D eigenvalue weighted by Gasteiger charge is -2.31. The summed E-state index contributed by atoms with van der Waals surface area (Å²) in [6.07, 6.45) is 2.54. The second-order valence-electron chi connectivity index (χ2n) is 5.43. The smallest absolute Gasteiger partial charge is 0.224 e. The van der Waals surface area contributed by atoms with E-state index in [1.807, 2.05) is 24.3 Å². The SMILES string of the molecule is CCN1CCC(NC(=O)Cc2ccccc2CN)CC1. The molecule has 2 rings (SSSR count). The number of piperidine rings is 1. The first-order valence-corrected chi connectivity index (χ1v) is 7.51. The van der Waals surface area contributed by atoms with Crippen molar-refractivity contribution in [1.82, 2.24) is 10.2 Å². The molecule has 1 fully saturated rings. The van der Waals surface area contributed by atoms with E-state index in [9.17, 15) is 4.79 Å². The molecule has 4 nitrogen and oxygen atoms in total. The highest BCUT2D eigenvalue weighted by Crippen LogP contribution is 2.12. The number of rotatable bonds is 5. The van der Waals surface area contributed by atoms with Gasteiger partial charge in [-0.2, -0.15) is 0 Å². The Balaban J connectivity index is 1.84. The molecule has 1 saturated heterocycles. The van der Waals surface area contributed by atoms with Gasteiger partial charge in [0.25, 0.3) is 0 Å². The number of amides is 1. The molecule has 0 bridgehead atoms. The molecule has 1 aliphatic heterocycles. The minimum absolute atomic E-state index is 0.112. The Labute approximate surface area is 121 Å². The molecule has 1 amide bonds. The molecule has 1 aromatic carbocycles. The molecule has 1 aliphatic rings. The first kappa shape index (κ1) is 15.0. The second-order valence-corrected chi connectivity index (χ2v) is 5.43. The summed E-state index contributed by atoms with van der Waals surface area (Å²) < 4.78 is 0. The Morgan fingerprint density at radius 3 is 2.55 bits per heavy atom. The predicted octanol–water partition coefficient (Wildman–Crippen LogP) is 1.29. The first-order valence-electron chi connectivity index (χ1n) is 7.51. The first-order chi connectivity index (χ1) is 9.72. The second kappa shape index (κ2) is 7.41. The molecule has 0 unspecified atom stereocenters. The largest absolute Gasteiger partial charge is 0.353 e. The van der Waals surface area contributed by atoms with Gasteiger partial charge in [-0.3, -0.25) is 4.79 Å². The van der Waals surface area contributed by atoms with Crippen LogP contribution in [0, 0.1) is 0 Å². The molecule has 1 heterocycles. The van der Waals surface area contributed by atoms with E-state index in [0.717, 1.165) is 43.6 Å². The summed E-state index contributed by atoms with van der Waals surface area (Å²) in [5.41, 5.74) is 7.80. The molecule has 0 spiro atoms. The lowest BCUT2D eigenvalue weighted by atomic mass is 10.0. The van der Waals surface area contributed by atoms with E-state index in [-0.39, 0.29) is 5.91 Å². The minimum Gasteiger partial charge on any atom is -0.353 e. The van der Waals surface area contributed by atoms with E-state index in [0.29, 0.717) is 19.0 Å². The van der Waals surface area contributed by atoms with Crippen LogP contribution in [0.4, 0.5) is 0 Å². The Morgan fingerprint density at radius 1 is 1.30 bits per heavy atom. The fraction of sp³-hybridized carbons (Fsp3) is 0.562. The molecule has 4 heteroatoms. The highest BCUT2D eigenvalue weighted by molar-refractivity contribution is 5.79. The van der Waals surface area contributed by atoms with Gasteiger partial charge in [-0.1, -0.05) is 31.2 Å². The van der Waals surface area contributed by atoms with Crippen LogP contribution in [0.25, 0.3) is 0 Å². The van der Waals surface area contributed by atoms with Gasteiger partial charge in [0, 0.05) is 25.7 Å². The standard InChI is InChI=1S/C16H25N3O/c1-2-19-9-7-15(8-10-19)18-16(20)11-13-5-3-4-6-14(13)12-17/h3-6,15H,2,7-12,17H2,1H3,(H,18,20). The van der Waals surface area contributed by atoms with Crippen molar-refractivity contribution < 1.29 is 4.79 Å². The van der Waals surface area contributed by atoms with Crippen LogP contribution in [-0.2, 0) is 17.8 Å². The number of carbonyl (C=O) groups is 1. The summed E-state index contributed by atoms with van der Waals surface area (Å²) in [7, 11) is 0. The summed E-state index contributed by atoms with van der Waals surface area (Å²) in [4.78, 5) is 14.6. The molecule has 0 saturated carbocycles. The number of hydrogen-bond acceptors (Lipinski definition) is 3. The van der Waals surface area contributed by atoms with Gasteiger partial charge in [-0.05, 0) is 30.5 Å². The molecule has 0 aromatic heterocycles. The van der Waals surface area contributed by atoms with E-state index in [1.54, 1.807) is 0 Å². The predicted molar refractivity (Wildman–Crippen MR) is 81.3 cm³/mol. The van der Waals surface area contributed by atoms with Gasteiger partial charge in [-0.25, -0.2) is 0 Å². The van der Waals surface area contributed by atoms with Gasteiger partial charge < -0.3 is 16.0 Å². The third-order valence-electron chi connectivity index (χ3n) is 4.09. The van der Waals surface area contributed by atoms with E-state index in [4.69, 9.17) is 5.73 Å². The van der Waals surface area contributed by atoms with Crippen LogP contribution in [0.5, 0.6) is 0 Å². The van der Waals surface area contributed by atoms with Gasteiger partial charge in [0.05, 0.1) is 6.42 Å². The fourth-order valence-electron chi connectivity index (χ4n) is 2.77. The lowest BCUT2D eigenvalue weighted by molar-refractivity contribution is -0.121. The number of nitrogens with zero attached hydrogens (tertiary/aromatic N) is 1. The van der Waals surface area contributed by atoms with Crippen LogP contribution < -0.4 is 11.1 Å². The Kier molecular flexibility index (Phi) is 5.56. The van der Waals surface area contributed by atoms with Crippen molar-refractivity contribution in [1.29, 1.82) is 0 Å². The zero-order chi connectivity index (χ0) is 14.4. The van der Waals surface area contributed by atoms with E-state index < -0.39 is 0 Å². The molecular weight excluding hydrogens is 250 g/mol. The van der Waals surface area contributed by atoms with Crippen molar-refractivity contribution in [3.8, 4) is 0 Å². The Hall–Kier alpha value is -1.39. The number of hydrogen-bond donors (Lipinski definition) is 2. The molecule has 0 radical (unpaired) electrons. The molecule has 110 valence electrons. The number of carbonyl (C=O) groups excluding carboxylic acids is 1. The van der Waals surface area contributed by atoms with Crippen molar-refractivity contribution in [2.75, 3.05) is 19.6 Å². The molecule has 3 N–H and O–H groups in total. The highest BCUT2D eigenvalue weighted by atomic mass is 16.1. The average Bonchev–Trinajstić information content (AvgIpc) is 2.48. The van der Waals surface area contributed by atoms with Gasteiger partial charge >= 0.3 is 0 Å². The molecule has 0 atom stereocenters. The van der Waals surface area contributed by atoms with Gasteiger partial charge in [-0.15, -0.1) is 0 Å². The number of benzene rings is 1. The van der Waals surface area contributed by atoms with Crippen LogP contribution in [0.2, 0.25) is 0 Å². The monoisotopic (exact) mass is 275 g/mol. The average molecular weight is 275 g/mol. The van der Waals surface area contributed by atoms with Crippen LogP contribution in [0.15, 0.2) is 24.3 Å². The van der Waals surface area contributed by atoms with Crippen LogP contribution in [-0.4, -0.2) is 36.5 Å². The maximum Gasteiger partial charge on any atom is 0.224 e. The Bertz CT molecular complexity index is 439. The maximum absolute atomic E-state index is 12.1. The van der Waals surface area contributed by atoms with Crippen molar-refractivity contribution in [3.05, 3.63) is 35.4 Å². The van der Waals surface area contributed by atoms with Crippen LogP contribution >= 0.6 is 0 Å². The van der Waals surface area contributed by atoms with E-state index in [1.165, 1.54) is 0 Å². The zero-order valence-corrected chi connectivity index (χ0v) is 12.3. The van der Waals surface area contributed by atoms with Crippen molar-refractivity contribution in [2.45, 2.75) is 38.8 Å². The van der Waals surface area contributed by atoms with Crippen molar-refractivity contribution in [3.63, 3.8) is 0 Å². The summed E-state index contributed by atoms with van der Waals surface area (Å²) in [5, 5.41) is 3.16.